The maximum atomic E-state index is 13.7. The van der Waals surface area contributed by atoms with Crippen molar-refractivity contribution in [2.24, 2.45) is 5.92 Å². The van der Waals surface area contributed by atoms with Crippen LogP contribution in [0.1, 0.15) is 30.6 Å². The Kier molecular flexibility index (Phi) is 5.48. The fraction of sp³-hybridized carbons (Fsp3) is 0.500. The van der Waals surface area contributed by atoms with Gasteiger partial charge in [-0.15, -0.1) is 0 Å². The highest BCUT2D eigenvalue weighted by atomic mass is 19.1. The Bertz CT molecular complexity index is 674. The number of aryl methyl sites for hydroxylation is 1. The van der Waals surface area contributed by atoms with Crippen LogP contribution in [0.25, 0.3) is 0 Å². The third kappa shape index (κ3) is 3.76. The number of hydrogen-bond donors (Lipinski definition) is 1. The SMILES string of the molecule is CCn1cc([C@H]2OCC[C@H]2CNCc2ccc(OC)c(F)c2)cn1. The summed E-state index contributed by atoms with van der Waals surface area (Å²) in [6.45, 7) is 5.15. The first-order chi connectivity index (χ1) is 11.7. The Morgan fingerprint density at radius 1 is 1.46 bits per heavy atom. The summed E-state index contributed by atoms with van der Waals surface area (Å²) in [6.07, 6.45) is 5.06. The molecule has 130 valence electrons. The van der Waals surface area contributed by atoms with E-state index in [0.29, 0.717) is 12.5 Å². The molecule has 2 aromatic rings. The molecule has 1 aromatic carbocycles. The molecule has 1 fully saturated rings. The van der Waals surface area contributed by atoms with Crippen molar-refractivity contribution in [2.45, 2.75) is 32.5 Å². The van der Waals surface area contributed by atoms with E-state index in [-0.39, 0.29) is 17.7 Å². The molecule has 0 radical (unpaired) electrons. The average molecular weight is 333 g/mol. The highest BCUT2D eigenvalue weighted by molar-refractivity contribution is 5.29. The first kappa shape index (κ1) is 16.9. The van der Waals surface area contributed by atoms with E-state index in [4.69, 9.17) is 9.47 Å². The highest BCUT2D eigenvalue weighted by Crippen LogP contribution is 2.33. The quantitative estimate of drug-likeness (QED) is 0.846. The van der Waals surface area contributed by atoms with Crippen LogP contribution < -0.4 is 10.1 Å². The third-order valence-electron chi connectivity index (χ3n) is 4.47. The molecule has 2 heterocycles. The predicted molar refractivity (Wildman–Crippen MR) is 89.4 cm³/mol. The van der Waals surface area contributed by atoms with E-state index in [1.54, 1.807) is 6.07 Å². The number of methoxy groups -OCH3 is 1. The second kappa shape index (κ2) is 7.77. The van der Waals surface area contributed by atoms with E-state index >= 15 is 0 Å². The van der Waals surface area contributed by atoms with Gasteiger partial charge in [-0.3, -0.25) is 4.68 Å². The van der Waals surface area contributed by atoms with Crippen molar-refractivity contribution in [1.82, 2.24) is 15.1 Å². The summed E-state index contributed by atoms with van der Waals surface area (Å²) in [4.78, 5) is 0. The molecule has 1 N–H and O–H groups in total. The molecule has 1 aromatic heterocycles. The molecule has 1 saturated heterocycles. The van der Waals surface area contributed by atoms with Gasteiger partial charge in [-0.1, -0.05) is 6.07 Å². The number of ether oxygens (including phenoxy) is 2. The Labute approximate surface area is 141 Å². The van der Waals surface area contributed by atoms with Gasteiger partial charge in [-0.05, 0) is 31.0 Å². The first-order valence-corrected chi connectivity index (χ1v) is 8.38. The van der Waals surface area contributed by atoms with E-state index < -0.39 is 0 Å². The fourth-order valence-electron chi connectivity index (χ4n) is 3.13. The molecule has 0 spiro atoms. The Balaban J connectivity index is 1.54. The van der Waals surface area contributed by atoms with Gasteiger partial charge in [0.15, 0.2) is 11.6 Å². The summed E-state index contributed by atoms with van der Waals surface area (Å²) in [7, 11) is 1.47. The topological polar surface area (TPSA) is 48.3 Å². The number of aromatic nitrogens is 2. The summed E-state index contributed by atoms with van der Waals surface area (Å²) < 4.78 is 26.5. The summed E-state index contributed by atoms with van der Waals surface area (Å²) >= 11 is 0. The van der Waals surface area contributed by atoms with Crippen LogP contribution in [0.15, 0.2) is 30.6 Å². The molecule has 0 bridgehead atoms. The lowest BCUT2D eigenvalue weighted by atomic mass is 9.97. The maximum absolute atomic E-state index is 13.7. The summed E-state index contributed by atoms with van der Waals surface area (Å²) in [5, 5.41) is 7.74. The third-order valence-corrected chi connectivity index (χ3v) is 4.47. The van der Waals surface area contributed by atoms with E-state index in [1.807, 2.05) is 16.9 Å². The van der Waals surface area contributed by atoms with Gasteiger partial charge in [-0.2, -0.15) is 5.10 Å². The molecule has 0 saturated carbocycles. The number of nitrogens with one attached hydrogen (secondary N) is 1. The van der Waals surface area contributed by atoms with Gasteiger partial charge >= 0.3 is 0 Å². The lowest BCUT2D eigenvalue weighted by Crippen LogP contribution is -2.24. The zero-order chi connectivity index (χ0) is 16.9. The van der Waals surface area contributed by atoms with Gasteiger partial charge in [0, 0.05) is 43.9 Å². The van der Waals surface area contributed by atoms with E-state index in [1.165, 1.54) is 13.2 Å². The first-order valence-electron chi connectivity index (χ1n) is 8.38. The molecular formula is C18H24FN3O2. The molecule has 1 aliphatic rings. The van der Waals surface area contributed by atoms with Gasteiger partial charge in [0.25, 0.3) is 0 Å². The van der Waals surface area contributed by atoms with Gasteiger partial charge < -0.3 is 14.8 Å². The van der Waals surface area contributed by atoms with Gasteiger partial charge in [0.1, 0.15) is 0 Å². The largest absolute Gasteiger partial charge is 0.494 e. The van der Waals surface area contributed by atoms with Crippen LogP contribution in [0.5, 0.6) is 5.75 Å². The standard InChI is InChI=1S/C18H24FN3O2/c1-3-22-12-15(11-21-22)18-14(6-7-24-18)10-20-9-13-4-5-17(23-2)16(19)8-13/h4-5,8,11-12,14,18,20H,3,6-7,9-10H2,1-2H3/t14-,18-/m0/s1. The molecule has 0 aliphatic carbocycles. The number of rotatable bonds is 7. The minimum Gasteiger partial charge on any atom is -0.494 e. The number of benzene rings is 1. The Hall–Kier alpha value is -1.92. The van der Waals surface area contributed by atoms with E-state index in [0.717, 1.165) is 37.2 Å². The van der Waals surface area contributed by atoms with Crippen molar-refractivity contribution >= 4 is 0 Å². The van der Waals surface area contributed by atoms with E-state index in [9.17, 15) is 4.39 Å². The lowest BCUT2D eigenvalue weighted by Gasteiger charge is -2.18. The summed E-state index contributed by atoms with van der Waals surface area (Å²) in [5.41, 5.74) is 2.04. The average Bonchev–Trinajstić information content (AvgIpc) is 3.23. The second-order valence-electron chi connectivity index (χ2n) is 6.07. The molecule has 5 nitrogen and oxygen atoms in total. The van der Waals surface area contributed by atoms with Crippen LogP contribution in [0.3, 0.4) is 0 Å². The van der Waals surface area contributed by atoms with Crippen molar-refractivity contribution in [3.8, 4) is 5.75 Å². The summed E-state index contributed by atoms with van der Waals surface area (Å²) in [5.74, 6) is 0.351. The van der Waals surface area contributed by atoms with Crippen LogP contribution in [0.2, 0.25) is 0 Å². The minimum absolute atomic E-state index is 0.0883. The van der Waals surface area contributed by atoms with Gasteiger partial charge in [0.2, 0.25) is 0 Å². The van der Waals surface area contributed by atoms with Crippen LogP contribution in [-0.2, 0) is 17.8 Å². The van der Waals surface area contributed by atoms with Crippen LogP contribution in [-0.4, -0.2) is 30.0 Å². The monoisotopic (exact) mass is 333 g/mol. The minimum atomic E-state index is -0.328. The lowest BCUT2D eigenvalue weighted by molar-refractivity contribution is 0.0904. The van der Waals surface area contributed by atoms with Crippen molar-refractivity contribution in [3.63, 3.8) is 0 Å². The number of nitrogens with zero attached hydrogens (tertiary/aromatic N) is 2. The van der Waals surface area contributed by atoms with Crippen molar-refractivity contribution in [2.75, 3.05) is 20.3 Å². The predicted octanol–water partition coefficient (Wildman–Crippen LogP) is 2.92. The van der Waals surface area contributed by atoms with Crippen LogP contribution in [0.4, 0.5) is 4.39 Å². The van der Waals surface area contributed by atoms with Crippen molar-refractivity contribution in [1.29, 1.82) is 0 Å². The molecule has 0 unspecified atom stereocenters. The van der Waals surface area contributed by atoms with Crippen molar-refractivity contribution in [3.05, 3.63) is 47.5 Å². The van der Waals surface area contributed by atoms with Gasteiger partial charge in [0.05, 0.1) is 19.4 Å². The number of hydrogen-bond acceptors (Lipinski definition) is 4. The zero-order valence-electron chi connectivity index (χ0n) is 14.2. The van der Waals surface area contributed by atoms with Gasteiger partial charge in [-0.25, -0.2) is 4.39 Å². The maximum Gasteiger partial charge on any atom is 0.165 e. The van der Waals surface area contributed by atoms with Crippen LogP contribution >= 0.6 is 0 Å². The normalized spacial score (nSPS) is 20.5. The smallest absolute Gasteiger partial charge is 0.165 e. The number of halogens is 1. The fourth-order valence-corrected chi connectivity index (χ4v) is 3.13. The van der Waals surface area contributed by atoms with E-state index in [2.05, 4.69) is 23.5 Å². The van der Waals surface area contributed by atoms with Crippen LogP contribution in [0, 0.1) is 11.7 Å². The zero-order valence-corrected chi connectivity index (χ0v) is 14.2. The Morgan fingerprint density at radius 3 is 3.04 bits per heavy atom. The molecule has 2 atom stereocenters. The molecule has 0 amide bonds. The molecule has 6 heteroatoms. The summed E-state index contributed by atoms with van der Waals surface area (Å²) in [6, 6.07) is 5.05. The Morgan fingerprint density at radius 2 is 2.33 bits per heavy atom. The van der Waals surface area contributed by atoms with Crippen molar-refractivity contribution < 1.29 is 13.9 Å². The molecular weight excluding hydrogens is 309 g/mol. The highest BCUT2D eigenvalue weighted by Gasteiger charge is 2.30. The molecule has 24 heavy (non-hydrogen) atoms. The molecule has 1 aliphatic heterocycles. The molecule has 3 rings (SSSR count). The second-order valence-corrected chi connectivity index (χ2v) is 6.07.